The molecule has 2 unspecified atom stereocenters. The Morgan fingerprint density at radius 2 is 1.92 bits per heavy atom. The van der Waals surface area contributed by atoms with E-state index in [0.29, 0.717) is 0 Å². The van der Waals surface area contributed by atoms with Crippen molar-refractivity contribution in [3.05, 3.63) is 11.6 Å². The van der Waals surface area contributed by atoms with Crippen molar-refractivity contribution in [2.24, 2.45) is 22.7 Å². The summed E-state index contributed by atoms with van der Waals surface area (Å²) in [6, 6.07) is 0. The topological polar surface area (TPSA) is 12.4 Å². The quantitative estimate of drug-likeness (QED) is 0.558. The monoisotopic (exact) mass is 165 g/mol. The van der Waals surface area contributed by atoms with Crippen molar-refractivity contribution in [1.82, 2.24) is 0 Å². The molecule has 0 saturated heterocycles. The molecule has 0 N–H and O–H groups in total. The minimum absolute atomic E-state index is 0.808. The predicted octanol–water partition coefficient (Wildman–Crippen LogP) is 2.93. The van der Waals surface area contributed by atoms with Gasteiger partial charge in [-0.1, -0.05) is 19.4 Å². The van der Waals surface area contributed by atoms with Gasteiger partial charge in [-0.05, 0) is 37.2 Å². The van der Waals surface area contributed by atoms with Gasteiger partial charge < -0.3 is 0 Å². The van der Waals surface area contributed by atoms with Crippen LogP contribution in [0.1, 0.15) is 27.2 Å². The maximum absolute atomic E-state index is 3.97. The molecule has 1 rings (SSSR count). The summed E-state index contributed by atoms with van der Waals surface area (Å²) in [5, 5.41) is 0. The first-order valence-corrected chi connectivity index (χ1v) is 4.75. The summed E-state index contributed by atoms with van der Waals surface area (Å²) < 4.78 is 0. The van der Waals surface area contributed by atoms with Crippen LogP contribution in [0, 0.1) is 17.8 Å². The molecule has 0 aromatic rings. The van der Waals surface area contributed by atoms with Gasteiger partial charge in [0.15, 0.2) is 0 Å². The molecule has 12 heavy (non-hydrogen) atoms. The lowest BCUT2D eigenvalue weighted by molar-refractivity contribution is 0.137. The highest BCUT2D eigenvalue weighted by Crippen LogP contribution is 2.43. The molecular weight excluding hydrogens is 146 g/mol. The zero-order valence-corrected chi connectivity index (χ0v) is 8.54. The van der Waals surface area contributed by atoms with Crippen LogP contribution < -0.4 is 0 Å². The molecule has 0 aromatic carbocycles. The van der Waals surface area contributed by atoms with Crippen molar-refractivity contribution in [2.75, 3.05) is 7.05 Å². The van der Waals surface area contributed by atoms with Gasteiger partial charge in [-0.25, -0.2) is 0 Å². The second kappa shape index (κ2) is 3.88. The van der Waals surface area contributed by atoms with E-state index in [0.717, 1.165) is 17.8 Å². The van der Waals surface area contributed by atoms with E-state index in [-0.39, 0.29) is 0 Å². The Morgan fingerprint density at radius 3 is 2.33 bits per heavy atom. The van der Waals surface area contributed by atoms with Crippen LogP contribution in [-0.4, -0.2) is 13.3 Å². The maximum atomic E-state index is 3.97. The summed E-state index contributed by atoms with van der Waals surface area (Å²) >= 11 is 0. The molecular formula is C11H19N. The summed E-state index contributed by atoms with van der Waals surface area (Å²) in [5.74, 6) is 2.56. The van der Waals surface area contributed by atoms with Gasteiger partial charge in [0.1, 0.15) is 0 Å². The highest BCUT2D eigenvalue weighted by molar-refractivity contribution is 5.72. The zero-order valence-electron chi connectivity index (χ0n) is 8.54. The van der Waals surface area contributed by atoms with Gasteiger partial charge in [-0.3, -0.25) is 4.99 Å². The molecule has 0 amide bonds. The lowest BCUT2D eigenvalue weighted by atomic mass is 9.63. The van der Waals surface area contributed by atoms with Gasteiger partial charge in [0.05, 0.1) is 0 Å². The van der Waals surface area contributed by atoms with Crippen molar-refractivity contribution < 1.29 is 0 Å². The van der Waals surface area contributed by atoms with Crippen LogP contribution in [0.3, 0.4) is 0 Å². The van der Waals surface area contributed by atoms with E-state index >= 15 is 0 Å². The average Bonchev–Trinajstić information content (AvgIpc) is 2.00. The summed E-state index contributed by atoms with van der Waals surface area (Å²) in [6.45, 7) is 6.90. The summed E-state index contributed by atoms with van der Waals surface area (Å²) in [4.78, 5) is 3.97. The number of allylic oxidation sites excluding steroid dienone is 2. The molecule has 0 aliphatic heterocycles. The molecule has 2 atom stereocenters. The molecule has 68 valence electrons. The van der Waals surface area contributed by atoms with Crippen molar-refractivity contribution in [3.63, 3.8) is 0 Å². The Morgan fingerprint density at radius 1 is 1.33 bits per heavy atom. The summed E-state index contributed by atoms with van der Waals surface area (Å²) in [7, 11) is 1.82. The third kappa shape index (κ3) is 1.77. The second-order valence-electron chi connectivity index (χ2n) is 4.03. The van der Waals surface area contributed by atoms with Crippen LogP contribution in [-0.2, 0) is 0 Å². The highest BCUT2D eigenvalue weighted by atomic mass is 14.6. The number of hydrogen-bond acceptors (Lipinski definition) is 1. The SMILES string of the molecule is CN=C/C=C(/C)C1C(C)CC1C. The van der Waals surface area contributed by atoms with Crippen molar-refractivity contribution in [2.45, 2.75) is 27.2 Å². The van der Waals surface area contributed by atoms with Crippen molar-refractivity contribution >= 4 is 6.21 Å². The number of nitrogens with zero attached hydrogens (tertiary/aromatic N) is 1. The Labute approximate surface area is 75.6 Å². The molecule has 0 radical (unpaired) electrons. The molecule has 1 nitrogen and oxygen atoms in total. The van der Waals surface area contributed by atoms with Crippen LogP contribution in [0.5, 0.6) is 0 Å². The number of aliphatic imine (C=N–C) groups is 1. The van der Waals surface area contributed by atoms with Gasteiger partial charge in [0.2, 0.25) is 0 Å². The van der Waals surface area contributed by atoms with Crippen LogP contribution >= 0.6 is 0 Å². The first-order valence-electron chi connectivity index (χ1n) is 4.75. The van der Waals surface area contributed by atoms with Crippen LogP contribution in [0.2, 0.25) is 0 Å². The molecule has 1 aliphatic rings. The molecule has 0 spiro atoms. The van der Waals surface area contributed by atoms with E-state index in [4.69, 9.17) is 0 Å². The fraction of sp³-hybridized carbons (Fsp3) is 0.727. The molecule has 1 aliphatic carbocycles. The van der Waals surface area contributed by atoms with Gasteiger partial charge >= 0.3 is 0 Å². The Balaban J connectivity index is 2.57. The van der Waals surface area contributed by atoms with Gasteiger partial charge in [0, 0.05) is 13.3 Å². The van der Waals surface area contributed by atoms with E-state index in [1.807, 2.05) is 13.3 Å². The molecule has 0 bridgehead atoms. The molecule has 1 heteroatoms. The Bertz CT molecular complexity index is 195. The van der Waals surface area contributed by atoms with Crippen molar-refractivity contribution in [3.8, 4) is 0 Å². The largest absolute Gasteiger partial charge is 0.297 e. The van der Waals surface area contributed by atoms with E-state index in [9.17, 15) is 0 Å². The first-order chi connectivity index (χ1) is 5.66. The van der Waals surface area contributed by atoms with Crippen LogP contribution in [0.4, 0.5) is 0 Å². The number of hydrogen-bond donors (Lipinski definition) is 0. The summed E-state index contributed by atoms with van der Waals surface area (Å²) in [6.07, 6.45) is 5.43. The molecule has 1 fully saturated rings. The molecule has 0 heterocycles. The summed E-state index contributed by atoms with van der Waals surface area (Å²) in [5.41, 5.74) is 1.49. The highest BCUT2D eigenvalue weighted by Gasteiger charge is 2.35. The Hall–Kier alpha value is -0.590. The van der Waals surface area contributed by atoms with E-state index in [1.165, 1.54) is 12.0 Å². The standard InChI is InChI=1S/C11H19N/c1-8(5-6-12-4)11-9(2)7-10(11)3/h5-6,9-11H,7H2,1-4H3/b8-5-,12-6?. The minimum Gasteiger partial charge on any atom is -0.297 e. The third-order valence-corrected chi connectivity index (χ3v) is 2.98. The van der Waals surface area contributed by atoms with Crippen LogP contribution in [0.15, 0.2) is 16.6 Å². The van der Waals surface area contributed by atoms with E-state index in [1.54, 1.807) is 0 Å². The predicted molar refractivity (Wildman–Crippen MR) is 54.6 cm³/mol. The van der Waals surface area contributed by atoms with E-state index < -0.39 is 0 Å². The van der Waals surface area contributed by atoms with E-state index in [2.05, 4.69) is 31.8 Å². The lowest BCUT2D eigenvalue weighted by Crippen LogP contribution is -2.33. The van der Waals surface area contributed by atoms with Gasteiger partial charge in [-0.2, -0.15) is 0 Å². The maximum Gasteiger partial charge on any atom is 0.0277 e. The van der Waals surface area contributed by atoms with Crippen LogP contribution in [0.25, 0.3) is 0 Å². The van der Waals surface area contributed by atoms with Gasteiger partial charge in [-0.15, -0.1) is 0 Å². The fourth-order valence-electron chi connectivity index (χ4n) is 2.45. The molecule has 0 aromatic heterocycles. The minimum atomic E-state index is 0.808. The normalized spacial score (nSPS) is 37.0. The number of rotatable bonds is 2. The third-order valence-electron chi connectivity index (χ3n) is 2.98. The lowest BCUT2D eigenvalue weighted by Gasteiger charge is -2.42. The first kappa shape index (κ1) is 9.50. The van der Waals surface area contributed by atoms with Crippen molar-refractivity contribution in [1.29, 1.82) is 0 Å². The Kier molecular flexibility index (Phi) is 3.07. The second-order valence-corrected chi connectivity index (χ2v) is 4.03. The van der Waals surface area contributed by atoms with Gasteiger partial charge in [0.25, 0.3) is 0 Å². The fourth-order valence-corrected chi connectivity index (χ4v) is 2.45. The zero-order chi connectivity index (χ0) is 9.14. The smallest absolute Gasteiger partial charge is 0.0277 e. The molecule has 1 saturated carbocycles. The average molecular weight is 165 g/mol.